The van der Waals surface area contributed by atoms with Crippen molar-refractivity contribution in [3.8, 4) is 0 Å². The van der Waals surface area contributed by atoms with E-state index in [0.717, 1.165) is 12.2 Å². The van der Waals surface area contributed by atoms with Gasteiger partial charge in [-0.25, -0.2) is 0 Å². The number of aryl methyl sites for hydroxylation is 2. The highest BCUT2D eigenvalue weighted by Crippen LogP contribution is 2.24. The Hall–Kier alpha value is -1.67. The van der Waals surface area contributed by atoms with Crippen LogP contribution in [-0.2, 0) is 6.54 Å². The number of rotatable bonds is 3. The first-order chi connectivity index (χ1) is 8.56. The molecule has 0 amide bonds. The third-order valence-electron chi connectivity index (χ3n) is 2.99. The normalized spacial score (nSPS) is 10.4. The summed E-state index contributed by atoms with van der Waals surface area (Å²) in [7, 11) is 0. The molecule has 0 aliphatic rings. The fraction of sp³-hybridized carbons (Fsp3) is 0.200. The topological polar surface area (TPSA) is 38.0 Å². The predicted molar refractivity (Wildman–Crippen MR) is 79.1 cm³/mol. The monoisotopic (exact) mass is 260 g/mol. The number of nitrogens with two attached hydrogens (primary N) is 1. The Morgan fingerprint density at radius 2 is 1.89 bits per heavy atom. The molecule has 0 saturated heterocycles. The number of benzene rings is 2. The third-order valence-corrected chi connectivity index (χ3v) is 3.22. The van der Waals surface area contributed by atoms with Gasteiger partial charge in [0.05, 0.1) is 11.4 Å². The van der Waals surface area contributed by atoms with Gasteiger partial charge in [0, 0.05) is 11.6 Å². The molecule has 0 saturated carbocycles. The summed E-state index contributed by atoms with van der Waals surface area (Å²) in [5.74, 6) is 0. The van der Waals surface area contributed by atoms with E-state index in [0.29, 0.717) is 10.7 Å². The smallest absolute Gasteiger partial charge is 0.0591 e. The van der Waals surface area contributed by atoms with Crippen LogP contribution in [0.3, 0.4) is 0 Å². The zero-order valence-electron chi connectivity index (χ0n) is 10.6. The van der Waals surface area contributed by atoms with Crippen LogP contribution < -0.4 is 11.1 Å². The summed E-state index contributed by atoms with van der Waals surface area (Å²) in [6.45, 7) is 4.95. The number of hydrogen-bond donors (Lipinski definition) is 2. The summed E-state index contributed by atoms with van der Waals surface area (Å²) in [5.41, 5.74) is 11.3. The van der Waals surface area contributed by atoms with Gasteiger partial charge in [0.15, 0.2) is 0 Å². The van der Waals surface area contributed by atoms with Gasteiger partial charge in [-0.3, -0.25) is 0 Å². The lowest BCUT2D eigenvalue weighted by Gasteiger charge is -2.12. The molecular formula is C15H17ClN2. The highest BCUT2D eigenvalue weighted by atomic mass is 35.5. The molecule has 0 unspecified atom stereocenters. The lowest BCUT2D eigenvalue weighted by molar-refractivity contribution is 1.11. The first-order valence-electron chi connectivity index (χ1n) is 5.91. The Balaban J connectivity index is 2.16. The van der Waals surface area contributed by atoms with Gasteiger partial charge in [-0.2, -0.15) is 0 Å². The lowest BCUT2D eigenvalue weighted by Crippen LogP contribution is -2.04. The second kappa shape index (κ2) is 5.32. The van der Waals surface area contributed by atoms with E-state index in [1.165, 1.54) is 16.7 Å². The number of anilines is 2. The quantitative estimate of drug-likeness (QED) is 0.814. The third kappa shape index (κ3) is 2.96. The Bertz CT molecular complexity index is 513. The van der Waals surface area contributed by atoms with Crippen molar-refractivity contribution in [3.05, 3.63) is 58.1 Å². The van der Waals surface area contributed by atoms with Gasteiger partial charge in [0.25, 0.3) is 0 Å². The average Bonchev–Trinajstić information content (AvgIpc) is 2.34. The molecule has 2 rings (SSSR count). The van der Waals surface area contributed by atoms with Crippen LogP contribution >= 0.6 is 11.6 Å². The molecule has 3 N–H and O–H groups in total. The van der Waals surface area contributed by atoms with E-state index in [-0.39, 0.29) is 0 Å². The molecule has 2 nitrogen and oxygen atoms in total. The molecule has 0 aliphatic heterocycles. The van der Waals surface area contributed by atoms with E-state index < -0.39 is 0 Å². The molecule has 0 radical (unpaired) electrons. The van der Waals surface area contributed by atoms with Gasteiger partial charge in [0.2, 0.25) is 0 Å². The van der Waals surface area contributed by atoms with Crippen LogP contribution in [0.5, 0.6) is 0 Å². The molecule has 0 fully saturated rings. The van der Waals surface area contributed by atoms with Crippen molar-refractivity contribution in [3.63, 3.8) is 0 Å². The molecule has 0 spiro atoms. The molecule has 2 aromatic carbocycles. The van der Waals surface area contributed by atoms with E-state index in [1.807, 2.05) is 12.1 Å². The molecule has 0 bridgehead atoms. The predicted octanol–water partition coefficient (Wildman–Crippen LogP) is 4.15. The van der Waals surface area contributed by atoms with Crippen LogP contribution in [0.15, 0.2) is 36.4 Å². The van der Waals surface area contributed by atoms with Gasteiger partial charge in [0.1, 0.15) is 0 Å². The Morgan fingerprint density at radius 3 is 2.67 bits per heavy atom. The second-order valence-corrected chi connectivity index (χ2v) is 4.95. The SMILES string of the molecule is Cc1ccc(C)c(CNc2cc(Cl)ccc2N)c1. The van der Waals surface area contributed by atoms with Crippen molar-refractivity contribution in [2.75, 3.05) is 11.1 Å². The van der Waals surface area contributed by atoms with Gasteiger partial charge in [-0.1, -0.05) is 35.4 Å². The van der Waals surface area contributed by atoms with Crippen molar-refractivity contribution in [2.45, 2.75) is 20.4 Å². The summed E-state index contributed by atoms with van der Waals surface area (Å²) in [5, 5.41) is 4.02. The highest BCUT2D eigenvalue weighted by molar-refractivity contribution is 6.31. The average molecular weight is 261 g/mol. The van der Waals surface area contributed by atoms with E-state index in [4.69, 9.17) is 17.3 Å². The summed E-state index contributed by atoms with van der Waals surface area (Å²) >= 11 is 5.96. The molecule has 3 heteroatoms. The number of nitrogen functional groups attached to an aromatic ring is 1. The van der Waals surface area contributed by atoms with Crippen LogP contribution in [0.4, 0.5) is 11.4 Å². The first-order valence-corrected chi connectivity index (χ1v) is 6.29. The van der Waals surface area contributed by atoms with Crippen LogP contribution in [0.2, 0.25) is 5.02 Å². The first kappa shape index (κ1) is 12.8. The van der Waals surface area contributed by atoms with E-state index in [1.54, 1.807) is 6.07 Å². The van der Waals surface area contributed by atoms with Crippen LogP contribution in [0, 0.1) is 13.8 Å². The van der Waals surface area contributed by atoms with Crippen molar-refractivity contribution in [1.29, 1.82) is 0 Å². The maximum atomic E-state index is 5.96. The molecule has 0 heterocycles. The number of halogens is 1. The van der Waals surface area contributed by atoms with Crippen molar-refractivity contribution < 1.29 is 0 Å². The molecule has 0 aromatic heterocycles. The Kier molecular flexibility index (Phi) is 3.78. The minimum absolute atomic E-state index is 0.688. The van der Waals surface area contributed by atoms with Crippen molar-refractivity contribution >= 4 is 23.0 Å². The van der Waals surface area contributed by atoms with Gasteiger partial charge >= 0.3 is 0 Å². The minimum atomic E-state index is 0.688. The zero-order valence-corrected chi connectivity index (χ0v) is 11.4. The highest BCUT2D eigenvalue weighted by Gasteiger charge is 2.02. The number of hydrogen-bond acceptors (Lipinski definition) is 2. The molecule has 0 atom stereocenters. The summed E-state index contributed by atoms with van der Waals surface area (Å²) in [4.78, 5) is 0. The van der Waals surface area contributed by atoms with Crippen LogP contribution in [0.1, 0.15) is 16.7 Å². The fourth-order valence-corrected chi connectivity index (χ4v) is 2.03. The fourth-order valence-electron chi connectivity index (χ4n) is 1.86. The largest absolute Gasteiger partial charge is 0.397 e. The van der Waals surface area contributed by atoms with Crippen LogP contribution in [0.25, 0.3) is 0 Å². The molecular weight excluding hydrogens is 244 g/mol. The molecule has 2 aromatic rings. The van der Waals surface area contributed by atoms with Crippen molar-refractivity contribution in [1.82, 2.24) is 0 Å². The molecule has 94 valence electrons. The van der Waals surface area contributed by atoms with E-state index in [2.05, 4.69) is 37.4 Å². The van der Waals surface area contributed by atoms with Gasteiger partial charge < -0.3 is 11.1 Å². The standard InChI is InChI=1S/C15H17ClN2/c1-10-3-4-11(2)12(7-10)9-18-15-8-13(16)5-6-14(15)17/h3-8,18H,9,17H2,1-2H3. The second-order valence-electron chi connectivity index (χ2n) is 4.52. The number of nitrogens with one attached hydrogen (secondary N) is 1. The summed E-state index contributed by atoms with van der Waals surface area (Å²) < 4.78 is 0. The van der Waals surface area contributed by atoms with Crippen LogP contribution in [-0.4, -0.2) is 0 Å². The molecule has 0 aliphatic carbocycles. The van der Waals surface area contributed by atoms with Gasteiger partial charge in [-0.15, -0.1) is 0 Å². The summed E-state index contributed by atoms with van der Waals surface area (Å²) in [6, 6.07) is 11.9. The minimum Gasteiger partial charge on any atom is -0.397 e. The maximum absolute atomic E-state index is 5.96. The van der Waals surface area contributed by atoms with E-state index in [9.17, 15) is 0 Å². The van der Waals surface area contributed by atoms with E-state index >= 15 is 0 Å². The Morgan fingerprint density at radius 1 is 1.11 bits per heavy atom. The zero-order chi connectivity index (χ0) is 13.1. The Labute approximate surface area is 113 Å². The lowest BCUT2D eigenvalue weighted by atomic mass is 10.1. The van der Waals surface area contributed by atoms with Crippen molar-refractivity contribution in [2.24, 2.45) is 0 Å². The van der Waals surface area contributed by atoms with Gasteiger partial charge in [-0.05, 0) is 43.2 Å². The molecule has 18 heavy (non-hydrogen) atoms. The summed E-state index contributed by atoms with van der Waals surface area (Å²) in [6.07, 6.45) is 0. The maximum Gasteiger partial charge on any atom is 0.0591 e.